The summed E-state index contributed by atoms with van der Waals surface area (Å²) in [6.45, 7) is 4.71. The normalized spacial score (nSPS) is 15.7. The lowest BCUT2D eigenvalue weighted by Crippen LogP contribution is -2.32. The first-order chi connectivity index (χ1) is 20.1. The van der Waals surface area contributed by atoms with Crippen molar-refractivity contribution in [3.8, 4) is 44.9 Å². The zero-order valence-corrected chi connectivity index (χ0v) is 23.1. The van der Waals surface area contributed by atoms with Crippen LogP contribution in [0.4, 0.5) is 0 Å². The second kappa shape index (κ2) is 7.86. The van der Waals surface area contributed by atoms with Gasteiger partial charge in [-0.05, 0) is 73.8 Å². The van der Waals surface area contributed by atoms with Crippen LogP contribution in [-0.2, 0) is 10.8 Å². The molecule has 6 aromatic carbocycles. The molecule has 1 heteroatoms. The van der Waals surface area contributed by atoms with Crippen molar-refractivity contribution in [1.29, 1.82) is 0 Å². The van der Waals surface area contributed by atoms with Crippen molar-refractivity contribution in [3.05, 3.63) is 167 Å². The molecule has 6 aromatic rings. The van der Waals surface area contributed by atoms with E-state index in [0.29, 0.717) is 0 Å². The van der Waals surface area contributed by atoms with E-state index in [9.17, 15) is 0 Å². The molecule has 0 unspecified atom stereocenters. The molecule has 9 rings (SSSR count). The van der Waals surface area contributed by atoms with E-state index in [2.05, 4.69) is 147 Å². The fourth-order valence-corrected chi connectivity index (χ4v) is 8.03. The van der Waals surface area contributed by atoms with E-state index in [-0.39, 0.29) is 5.41 Å². The Labute approximate surface area is 240 Å². The molecule has 1 heterocycles. The summed E-state index contributed by atoms with van der Waals surface area (Å²) < 4.78 is 6.74. The molecule has 0 N–H and O–H groups in total. The molecule has 0 fully saturated rings. The largest absolute Gasteiger partial charge is 0.457 e. The number of hydrogen-bond donors (Lipinski definition) is 0. The summed E-state index contributed by atoms with van der Waals surface area (Å²) in [4.78, 5) is 0. The third-order valence-electron chi connectivity index (χ3n) is 9.76. The molecular weight excluding hydrogens is 496 g/mol. The molecule has 194 valence electrons. The predicted octanol–water partition coefficient (Wildman–Crippen LogP) is 10.1. The van der Waals surface area contributed by atoms with Crippen LogP contribution in [0.5, 0.6) is 11.5 Å². The Morgan fingerprint density at radius 1 is 0.415 bits per heavy atom. The molecule has 41 heavy (non-hydrogen) atoms. The highest BCUT2D eigenvalue weighted by Gasteiger charge is 2.52. The Hall–Kier alpha value is -4.88. The quantitative estimate of drug-likeness (QED) is 0.208. The Balaban J connectivity index is 1.38. The summed E-state index contributed by atoms with van der Waals surface area (Å²) >= 11 is 0. The van der Waals surface area contributed by atoms with Gasteiger partial charge in [0, 0.05) is 16.5 Å². The number of hydrogen-bond acceptors (Lipinski definition) is 1. The molecule has 0 saturated carbocycles. The molecule has 0 amide bonds. The van der Waals surface area contributed by atoms with Gasteiger partial charge >= 0.3 is 0 Å². The highest BCUT2D eigenvalue weighted by atomic mass is 16.5. The minimum atomic E-state index is -0.481. The van der Waals surface area contributed by atoms with Crippen LogP contribution in [0.2, 0.25) is 0 Å². The van der Waals surface area contributed by atoms with Crippen molar-refractivity contribution < 1.29 is 4.74 Å². The lowest BCUT2D eigenvalue weighted by atomic mass is 9.64. The van der Waals surface area contributed by atoms with E-state index in [0.717, 1.165) is 11.5 Å². The van der Waals surface area contributed by atoms with Crippen LogP contribution < -0.4 is 4.74 Å². The topological polar surface area (TPSA) is 9.23 Å². The Bertz CT molecular complexity index is 2020. The van der Waals surface area contributed by atoms with Crippen molar-refractivity contribution in [3.63, 3.8) is 0 Å². The van der Waals surface area contributed by atoms with Gasteiger partial charge in [0.15, 0.2) is 0 Å². The lowest BCUT2D eigenvalue weighted by molar-refractivity contribution is 0.437. The molecular formula is C40H28O. The fourth-order valence-electron chi connectivity index (χ4n) is 8.03. The maximum absolute atomic E-state index is 6.74. The van der Waals surface area contributed by atoms with Crippen molar-refractivity contribution in [2.75, 3.05) is 0 Å². The second-order valence-electron chi connectivity index (χ2n) is 12.0. The van der Waals surface area contributed by atoms with Gasteiger partial charge in [-0.3, -0.25) is 0 Å². The van der Waals surface area contributed by atoms with E-state index in [1.807, 2.05) is 0 Å². The smallest absolute Gasteiger partial charge is 0.132 e. The minimum absolute atomic E-state index is 0.0654. The Morgan fingerprint density at radius 2 is 0.927 bits per heavy atom. The summed E-state index contributed by atoms with van der Waals surface area (Å²) in [6.07, 6.45) is 0. The highest BCUT2D eigenvalue weighted by Crippen LogP contribution is 2.64. The lowest BCUT2D eigenvalue weighted by Gasteiger charge is -2.40. The Kier molecular flexibility index (Phi) is 4.39. The van der Waals surface area contributed by atoms with E-state index in [1.165, 1.54) is 66.8 Å². The molecule has 1 aliphatic heterocycles. The van der Waals surface area contributed by atoms with Crippen molar-refractivity contribution >= 4 is 0 Å². The summed E-state index contributed by atoms with van der Waals surface area (Å²) in [5, 5.41) is 0. The van der Waals surface area contributed by atoms with Gasteiger partial charge in [0.25, 0.3) is 0 Å². The maximum Gasteiger partial charge on any atom is 0.132 e. The SMILES string of the molecule is CC1(C)c2ccccc2-c2ccc(-c3cccc4c3C3(c5ccccc5O4)c4ccccc4-c4ccccc43)cc21. The second-order valence-corrected chi connectivity index (χ2v) is 12.0. The third kappa shape index (κ3) is 2.76. The van der Waals surface area contributed by atoms with Gasteiger partial charge in [0.1, 0.15) is 11.5 Å². The average molecular weight is 525 g/mol. The van der Waals surface area contributed by atoms with Crippen LogP contribution >= 0.6 is 0 Å². The molecule has 0 radical (unpaired) electrons. The maximum atomic E-state index is 6.74. The number of ether oxygens (including phenoxy) is 1. The molecule has 1 spiro atoms. The van der Waals surface area contributed by atoms with E-state index >= 15 is 0 Å². The fraction of sp³-hybridized carbons (Fsp3) is 0.100. The van der Waals surface area contributed by atoms with Gasteiger partial charge < -0.3 is 4.74 Å². The van der Waals surface area contributed by atoms with Gasteiger partial charge in [-0.2, -0.15) is 0 Å². The molecule has 3 aliphatic rings. The van der Waals surface area contributed by atoms with Crippen LogP contribution in [0.25, 0.3) is 33.4 Å². The highest BCUT2D eigenvalue weighted by molar-refractivity contribution is 5.92. The van der Waals surface area contributed by atoms with Crippen molar-refractivity contribution in [2.24, 2.45) is 0 Å². The van der Waals surface area contributed by atoms with Gasteiger partial charge in [-0.25, -0.2) is 0 Å². The van der Waals surface area contributed by atoms with Gasteiger partial charge in [0.2, 0.25) is 0 Å². The van der Waals surface area contributed by atoms with Crippen LogP contribution in [0.15, 0.2) is 133 Å². The molecule has 0 atom stereocenters. The monoisotopic (exact) mass is 524 g/mol. The van der Waals surface area contributed by atoms with Crippen LogP contribution in [-0.4, -0.2) is 0 Å². The summed E-state index contributed by atoms with van der Waals surface area (Å²) in [6, 6.07) is 49.0. The summed E-state index contributed by atoms with van der Waals surface area (Å²) in [7, 11) is 0. The molecule has 2 aliphatic carbocycles. The van der Waals surface area contributed by atoms with E-state index in [1.54, 1.807) is 0 Å². The predicted molar refractivity (Wildman–Crippen MR) is 167 cm³/mol. The molecule has 0 bridgehead atoms. The third-order valence-corrected chi connectivity index (χ3v) is 9.76. The van der Waals surface area contributed by atoms with Gasteiger partial charge in [-0.15, -0.1) is 0 Å². The summed E-state index contributed by atoms with van der Waals surface area (Å²) in [5.74, 6) is 1.85. The van der Waals surface area contributed by atoms with Crippen molar-refractivity contribution in [2.45, 2.75) is 24.7 Å². The Morgan fingerprint density at radius 3 is 1.63 bits per heavy atom. The zero-order valence-electron chi connectivity index (χ0n) is 23.1. The summed E-state index contributed by atoms with van der Waals surface area (Å²) in [5.41, 5.74) is 15.0. The van der Waals surface area contributed by atoms with Crippen LogP contribution in [0.3, 0.4) is 0 Å². The number of rotatable bonds is 1. The average Bonchev–Trinajstić information content (AvgIpc) is 3.44. The van der Waals surface area contributed by atoms with E-state index in [4.69, 9.17) is 4.74 Å². The number of fused-ring (bicyclic) bond motifs is 12. The first-order valence-corrected chi connectivity index (χ1v) is 14.4. The standard InChI is InChI=1S/C40H28O/c1-39(2)31-16-6-3-12-27(31)30-23-22-25(24-35(30)39)26-15-11-21-37-38(26)40(34-19-9-10-20-36(34)41-37)32-17-7-4-13-28(32)29-14-5-8-18-33(29)40/h3-24H,1-2H3. The zero-order chi connectivity index (χ0) is 27.3. The van der Waals surface area contributed by atoms with Gasteiger partial charge in [0.05, 0.1) is 5.41 Å². The first-order valence-electron chi connectivity index (χ1n) is 14.4. The molecule has 1 nitrogen and oxygen atoms in total. The number of benzene rings is 6. The van der Waals surface area contributed by atoms with Crippen molar-refractivity contribution in [1.82, 2.24) is 0 Å². The molecule has 0 aromatic heterocycles. The van der Waals surface area contributed by atoms with Gasteiger partial charge in [-0.1, -0.05) is 129 Å². The number of para-hydroxylation sites is 1. The van der Waals surface area contributed by atoms with Crippen LogP contribution in [0, 0.1) is 0 Å². The van der Waals surface area contributed by atoms with E-state index < -0.39 is 5.41 Å². The van der Waals surface area contributed by atoms with Crippen LogP contribution in [0.1, 0.15) is 47.2 Å². The molecule has 0 saturated heterocycles. The minimum Gasteiger partial charge on any atom is -0.457 e. The first kappa shape index (κ1) is 22.9.